The second-order valence-electron chi connectivity index (χ2n) is 7.17. The minimum Gasteiger partial charge on any atom is -0.353 e. The molecule has 0 N–H and O–H groups in total. The molecule has 4 rings (SSSR count). The molecule has 1 aromatic heterocycles. The van der Waals surface area contributed by atoms with Gasteiger partial charge >= 0.3 is 0 Å². The van der Waals surface area contributed by atoms with Gasteiger partial charge in [-0.05, 0) is 49.2 Å². The van der Waals surface area contributed by atoms with Gasteiger partial charge in [-0.3, -0.25) is 4.79 Å². The molecule has 1 aliphatic rings. The van der Waals surface area contributed by atoms with E-state index in [2.05, 4.69) is 43.0 Å². The van der Waals surface area contributed by atoms with Crippen molar-refractivity contribution in [2.45, 2.75) is 13.8 Å². The largest absolute Gasteiger partial charge is 0.353 e. The van der Waals surface area contributed by atoms with Gasteiger partial charge in [0.2, 0.25) is 0 Å². The van der Waals surface area contributed by atoms with Crippen LogP contribution in [-0.4, -0.2) is 42.0 Å². The fourth-order valence-electron chi connectivity index (χ4n) is 3.68. The number of carbonyl (C=O) groups excluding carboxylic acids is 1. The summed E-state index contributed by atoms with van der Waals surface area (Å²) in [6.45, 7) is 6.90. The first-order valence-electron chi connectivity index (χ1n) is 9.30. The number of carbonyl (C=O) groups is 1. The van der Waals surface area contributed by atoms with Gasteiger partial charge in [0.25, 0.3) is 5.91 Å². The van der Waals surface area contributed by atoms with Crippen LogP contribution in [0.5, 0.6) is 0 Å². The lowest BCUT2D eigenvalue weighted by molar-refractivity contribution is 0.0746. The molecule has 1 saturated heterocycles. The Morgan fingerprint density at radius 1 is 0.964 bits per heavy atom. The lowest BCUT2D eigenvalue weighted by atomic mass is 10.1. The number of amides is 1. The van der Waals surface area contributed by atoms with Crippen LogP contribution in [0.15, 0.2) is 42.5 Å². The van der Waals surface area contributed by atoms with Crippen LogP contribution in [0.25, 0.3) is 10.9 Å². The molecule has 0 radical (unpaired) electrons. The van der Waals surface area contributed by atoms with Gasteiger partial charge in [0.05, 0.1) is 16.1 Å². The van der Waals surface area contributed by atoms with Crippen LogP contribution in [0.2, 0.25) is 10.0 Å². The number of aryl methyl sites for hydroxylation is 2. The summed E-state index contributed by atoms with van der Waals surface area (Å²) in [6.07, 6.45) is 0. The van der Waals surface area contributed by atoms with Crippen molar-refractivity contribution in [2.75, 3.05) is 31.1 Å². The van der Waals surface area contributed by atoms with Gasteiger partial charge in [-0.25, -0.2) is 4.98 Å². The molecule has 1 aliphatic heterocycles. The van der Waals surface area contributed by atoms with Crippen molar-refractivity contribution >= 4 is 45.8 Å². The van der Waals surface area contributed by atoms with Crippen molar-refractivity contribution < 1.29 is 4.79 Å². The van der Waals surface area contributed by atoms with Crippen LogP contribution in [-0.2, 0) is 0 Å². The molecule has 2 heterocycles. The van der Waals surface area contributed by atoms with E-state index in [4.69, 9.17) is 28.2 Å². The third-order valence-electron chi connectivity index (χ3n) is 5.28. The number of benzene rings is 2. The van der Waals surface area contributed by atoms with Crippen LogP contribution in [0.4, 0.5) is 5.82 Å². The number of anilines is 1. The van der Waals surface area contributed by atoms with Crippen LogP contribution in [0.3, 0.4) is 0 Å². The fraction of sp³-hybridized carbons (Fsp3) is 0.273. The Hall–Kier alpha value is -2.30. The lowest BCUT2D eigenvalue weighted by Crippen LogP contribution is -2.49. The Morgan fingerprint density at radius 3 is 2.46 bits per heavy atom. The molecule has 0 saturated carbocycles. The quantitative estimate of drug-likeness (QED) is 0.584. The molecule has 2 aromatic carbocycles. The summed E-state index contributed by atoms with van der Waals surface area (Å²) in [6, 6.07) is 13.4. The molecule has 4 nitrogen and oxygen atoms in total. The van der Waals surface area contributed by atoms with E-state index in [-0.39, 0.29) is 5.91 Å². The molecule has 0 unspecified atom stereocenters. The molecule has 1 amide bonds. The molecular weight excluding hydrogens is 393 g/mol. The van der Waals surface area contributed by atoms with E-state index in [1.54, 1.807) is 18.2 Å². The number of piperazine rings is 1. The molecule has 28 heavy (non-hydrogen) atoms. The number of halogens is 2. The first-order valence-corrected chi connectivity index (χ1v) is 10.1. The van der Waals surface area contributed by atoms with Crippen LogP contribution in [0.1, 0.15) is 21.5 Å². The fourth-order valence-corrected chi connectivity index (χ4v) is 4.05. The van der Waals surface area contributed by atoms with Crippen LogP contribution >= 0.6 is 23.2 Å². The Bertz CT molecular complexity index is 1060. The Balaban J connectivity index is 1.53. The van der Waals surface area contributed by atoms with E-state index >= 15 is 0 Å². The minimum atomic E-state index is -0.0781. The summed E-state index contributed by atoms with van der Waals surface area (Å²) in [5.74, 6) is 0.887. The number of pyridine rings is 1. The van der Waals surface area contributed by atoms with Crippen molar-refractivity contribution in [1.82, 2.24) is 9.88 Å². The maximum atomic E-state index is 12.8. The number of hydrogen-bond acceptors (Lipinski definition) is 3. The maximum Gasteiger partial charge on any atom is 0.255 e. The zero-order chi connectivity index (χ0) is 19.8. The zero-order valence-electron chi connectivity index (χ0n) is 15.9. The highest BCUT2D eigenvalue weighted by Gasteiger charge is 2.25. The third kappa shape index (κ3) is 3.54. The molecule has 0 spiro atoms. The van der Waals surface area contributed by atoms with E-state index in [1.807, 2.05) is 4.90 Å². The lowest BCUT2D eigenvalue weighted by Gasteiger charge is -2.36. The zero-order valence-corrected chi connectivity index (χ0v) is 17.4. The van der Waals surface area contributed by atoms with Gasteiger partial charge in [-0.1, -0.05) is 41.4 Å². The average Bonchev–Trinajstić information content (AvgIpc) is 2.70. The number of nitrogens with zero attached hydrogens (tertiary/aromatic N) is 3. The van der Waals surface area contributed by atoms with Gasteiger partial charge in [0.1, 0.15) is 5.82 Å². The summed E-state index contributed by atoms with van der Waals surface area (Å²) in [5, 5.41) is 2.13. The molecule has 0 bridgehead atoms. The highest BCUT2D eigenvalue weighted by atomic mass is 35.5. The first-order chi connectivity index (χ1) is 13.4. The SMILES string of the molecule is Cc1cc(N2CCN(C(=O)c3cc(Cl)ccc3Cl)CC2)nc2c(C)cccc12. The number of para-hydroxylation sites is 1. The van der Waals surface area contributed by atoms with Crippen molar-refractivity contribution in [2.24, 2.45) is 0 Å². The summed E-state index contributed by atoms with van der Waals surface area (Å²) < 4.78 is 0. The van der Waals surface area contributed by atoms with Crippen LogP contribution < -0.4 is 4.90 Å². The predicted octanol–water partition coefficient (Wildman–Crippen LogP) is 5.12. The van der Waals surface area contributed by atoms with Crippen molar-refractivity contribution in [3.63, 3.8) is 0 Å². The third-order valence-corrected chi connectivity index (χ3v) is 5.85. The van der Waals surface area contributed by atoms with Gasteiger partial charge in [-0.15, -0.1) is 0 Å². The second-order valence-corrected chi connectivity index (χ2v) is 8.02. The second kappa shape index (κ2) is 7.61. The molecule has 6 heteroatoms. The summed E-state index contributed by atoms with van der Waals surface area (Å²) in [7, 11) is 0. The van der Waals surface area contributed by atoms with Crippen molar-refractivity contribution in [3.8, 4) is 0 Å². The number of aromatic nitrogens is 1. The monoisotopic (exact) mass is 413 g/mol. The van der Waals surface area contributed by atoms with E-state index in [0.29, 0.717) is 28.7 Å². The highest BCUT2D eigenvalue weighted by molar-refractivity contribution is 6.35. The van der Waals surface area contributed by atoms with E-state index in [0.717, 1.165) is 24.4 Å². The Morgan fingerprint density at radius 2 is 1.71 bits per heavy atom. The molecule has 0 aliphatic carbocycles. The smallest absolute Gasteiger partial charge is 0.255 e. The van der Waals surface area contributed by atoms with E-state index in [1.165, 1.54) is 16.5 Å². The topological polar surface area (TPSA) is 36.4 Å². The van der Waals surface area contributed by atoms with Gasteiger partial charge < -0.3 is 9.80 Å². The Labute approximate surface area is 174 Å². The molecule has 3 aromatic rings. The van der Waals surface area contributed by atoms with E-state index < -0.39 is 0 Å². The first kappa shape index (κ1) is 19.0. The van der Waals surface area contributed by atoms with E-state index in [9.17, 15) is 4.79 Å². The molecule has 1 fully saturated rings. The maximum absolute atomic E-state index is 12.8. The normalized spacial score (nSPS) is 14.6. The summed E-state index contributed by atoms with van der Waals surface area (Å²) >= 11 is 12.2. The van der Waals surface area contributed by atoms with Crippen molar-refractivity contribution in [1.29, 1.82) is 0 Å². The molecule has 0 atom stereocenters. The van der Waals surface area contributed by atoms with Crippen LogP contribution in [0, 0.1) is 13.8 Å². The number of rotatable bonds is 2. The summed E-state index contributed by atoms with van der Waals surface area (Å²) in [5.41, 5.74) is 3.89. The minimum absolute atomic E-state index is 0.0781. The average molecular weight is 414 g/mol. The molecular formula is C22H21Cl2N3O. The standard InChI is InChI=1S/C22H21Cl2N3O/c1-14-4-3-5-17-15(2)12-20(25-21(14)17)26-8-10-27(11-9-26)22(28)18-13-16(23)6-7-19(18)24/h3-7,12-13H,8-11H2,1-2H3. The number of hydrogen-bond donors (Lipinski definition) is 0. The molecule has 144 valence electrons. The van der Waals surface area contributed by atoms with Gasteiger partial charge in [0.15, 0.2) is 0 Å². The van der Waals surface area contributed by atoms with Crippen molar-refractivity contribution in [3.05, 3.63) is 69.2 Å². The highest BCUT2D eigenvalue weighted by Crippen LogP contribution is 2.26. The van der Waals surface area contributed by atoms with Gasteiger partial charge in [-0.2, -0.15) is 0 Å². The predicted molar refractivity (Wildman–Crippen MR) is 116 cm³/mol. The Kier molecular flexibility index (Phi) is 5.17. The summed E-state index contributed by atoms with van der Waals surface area (Å²) in [4.78, 5) is 21.8. The van der Waals surface area contributed by atoms with Gasteiger partial charge in [0, 0.05) is 36.6 Å². The number of fused-ring (bicyclic) bond motifs is 1.